The van der Waals surface area contributed by atoms with Gasteiger partial charge in [-0.1, -0.05) is 49.6 Å². The van der Waals surface area contributed by atoms with Gasteiger partial charge in [0.1, 0.15) is 0 Å². The highest BCUT2D eigenvalue weighted by molar-refractivity contribution is 7.09. The van der Waals surface area contributed by atoms with Crippen molar-refractivity contribution in [1.82, 2.24) is 10.3 Å². The Morgan fingerprint density at radius 3 is 2.58 bits per heavy atom. The molecule has 1 aromatic carbocycles. The Morgan fingerprint density at radius 1 is 1.15 bits per heavy atom. The van der Waals surface area contributed by atoms with Crippen LogP contribution in [0.25, 0.3) is 0 Å². The van der Waals surface area contributed by atoms with Crippen molar-refractivity contribution in [2.45, 2.75) is 44.9 Å². The Hall–Kier alpha value is -2.21. The van der Waals surface area contributed by atoms with Gasteiger partial charge in [0.2, 0.25) is 5.91 Å². The molecule has 1 aromatic heterocycles. The fourth-order valence-corrected chi connectivity index (χ4v) is 4.30. The molecule has 0 radical (unpaired) electrons. The van der Waals surface area contributed by atoms with E-state index in [1.54, 1.807) is 11.3 Å². The number of nitrogens with zero attached hydrogens (tertiary/aromatic N) is 1. The van der Waals surface area contributed by atoms with Gasteiger partial charge in [-0.15, -0.1) is 11.3 Å². The molecule has 1 amide bonds. The minimum atomic E-state index is -0.797. The average molecular weight is 372 g/mol. The van der Waals surface area contributed by atoms with Crippen molar-refractivity contribution in [1.29, 1.82) is 0 Å². The fourth-order valence-electron chi connectivity index (χ4n) is 3.47. The molecule has 0 aliphatic heterocycles. The van der Waals surface area contributed by atoms with Crippen molar-refractivity contribution in [3.05, 3.63) is 52.0 Å². The Labute approximate surface area is 157 Å². The summed E-state index contributed by atoms with van der Waals surface area (Å²) < 4.78 is 0. The van der Waals surface area contributed by atoms with Gasteiger partial charge < -0.3 is 10.4 Å². The molecule has 0 spiro atoms. The average Bonchev–Trinajstić information content (AvgIpc) is 3.08. The molecule has 2 aromatic rings. The Bertz CT molecular complexity index is 751. The standard InChI is InChI=1S/C20H24N2O3S/c23-17(21-14-20(19(24)25)9-5-2-6-10-20)12-16-13-26-18(22-16)11-15-7-3-1-4-8-15/h1,3-4,7-8,13H,2,5-6,9-12,14H2,(H,21,23)(H,24,25). The first-order chi connectivity index (χ1) is 12.6. The first-order valence-corrected chi connectivity index (χ1v) is 9.93. The number of amides is 1. The zero-order chi connectivity index (χ0) is 18.4. The number of nitrogens with one attached hydrogen (secondary N) is 1. The van der Waals surface area contributed by atoms with E-state index in [9.17, 15) is 14.7 Å². The SMILES string of the molecule is O=C(Cc1csc(Cc2ccccc2)n1)NCC1(C(=O)O)CCCCC1. The van der Waals surface area contributed by atoms with Crippen LogP contribution in [0, 0.1) is 5.41 Å². The number of carboxylic acid groups (broad SMARTS) is 1. The molecule has 1 aliphatic rings. The second-order valence-corrected chi connectivity index (χ2v) is 7.94. The second kappa shape index (κ2) is 8.45. The molecule has 6 heteroatoms. The van der Waals surface area contributed by atoms with Gasteiger partial charge in [0, 0.05) is 18.3 Å². The van der Waals surface area contributed by atoms with E-state index in [-0.39, 0.29) is 18.9 Å². The normalized spacial score (nSPS) is 16.2. The van der Waals surface area contributed by atoms with Crippen LogP contribution in [0.4, 0.5) is 0 Å². The quantitative estimate of drug-likeness (QED) is 0.780. The molecule has 0 bridgehead atoms. The van der Waals surface area contributed by atoms with Crippen molar-refractivity contribution >= 4 is 23.2 Å². The number of carbonyl (C=O) groups excluding carboxylic acids is 1. The summed E-state index contributed by atoms with van der Waals surface area (Å²) in [6.45, 7) is 0.210. The lowest BCUT2D eigenvalue weighted by atomic mass is 9.74. The van der Waals surface area contributed by atoms with Crippen molar-refractivity contribution in [2.75, 3.05) is 6.54 Å². The van der Waals surface area contributed by atoms with E-state index in [0.29, 0.717) is 12.8 Å². The molecule has 0 saturated heterocycles. The molecule has 3 rings (SSSR count). The molecule has 0 atom stereocenters. The van der Waals surface area contributed by atoms with Crippen LogP contribution in [0.1, 0.15) is 48.4 Å². The number of carbonyl (C=O) groups is 2. The Kier molecular flexibility index (Phi) is 6.04. The summed E-state index contributed by atoms with van der Waals surface area (Å²) in [4.78, 5) is 28.4. The van der Waals surface area contributed by atoms with Gasteiger partial charge in [-0.25, -0.2) is 4.98 Å². The van der Waals surface area contributed by atoms with Gasteiger partial charge in [0.25, 0.3) is 0 Å². The smallest absolute Gasteiger partial charge is 0.311 e. The molecular formula is C20H24N2O3S. The molecule has 26 heavy (non-hydrogen) atoms. The second-order valence-electron chi connectivity index (χ2n) is 6.99. The maximum atomic E-state index is 12.2. The van der Waals surface area contributed by atoms with Gasteiger partial charge >= 0.3 is 5.97 Å². The summed E-state index contributed by atoms with van der Waals surface area (Å²) in [6, 6.07) is 10.1. The van der Waals surface area contributed by atoms with E-state index in [4.69, 9.17) is 0 Å². The third kappa shape index (κ3) is 4.69. The van der Waals surface area contributed by atoms with Gasteiger partial charge in [-0.2, -0.15) is 0 Å². The van der Waals surface area contributed by atoms with Crippen molar-refractivity contribution in [3.8, 4) is 0 Å². The minimum Gasteiger partial charge on any atom is -0.481 e. The summed E-state index contributed by atoms with van der Waals surface area (Å²) in [5.74, 6) is -0.955. The van der Waals surface area contributed by atoms with E-state index in [1.165, 1.54) is 5.56 Å². The Morgan fingerprint density at radius 2 is 1.88 bits per heavy atom. The third-order valence-corrected chi connectivity index (χ3v) is 5.93. The van der Waals surface area contributed by atoms with Crippen LogP contribution in [-0.2, 0) is 22.4 Å². The summed E-state index contributed by atoms with van der Waals surface area (Å²) in [5.41, 5.74) is 1.14. The topological polar surface area (TPSA) is 79.3 Å². The van der Waals surface area contributed by atoms with Gasteiger partial charge in [-0.05, 0) is 18.4 Å². The molecule has 1 heterocycles. The Balaban J connectivity index is 1.53. The van der Waals surface area contributed by atoms with E-state index in [2.05, 4.69) is 22.4 Å². The van der Waals surface area contributed by atoms with Crippen LogP contribution in [-0.4, -0.2) is 28.5 Å². The van der Waals surface area contributed by atoms with Crippen LogP contribution in [0.2, 0.25) is 0 Å². The largest absolute Gasteiger partial charge is 0.481 e. The predicted octanol–water partition coefficient (Wildman–Crippen LogP) is 3.43. The van der Waals surface area contributed by atoms with E-state index >= 15 is 0 Å². The lowest BCUT2D eigenvalue weighted by molar-refractivity contribution is -0.151. The zero-order valence-corrected chi connectivity index (χ0v) is 15.6. The van der Waals surface area contributed by atoms with E-state index < -0.39 is 11.4 Å². The summed E-state index contributed by atoms with van der Waals surface area (Å²) in [5, 5.41) is 15.3. The van der Waals surface area contributed by atoms with Crippen molar-refractivity contribution in [3.63, 3.8) is 0 Å². The number of rotatable bonds is 7. The molecular weight excluding hydrogens is 348 g/mol. The van der Waals surface area contributed by atoms with Crippen molar-refractivity contribution < 1.29 is 14.7 Å². The molecule has 1 fully saturated rings. The number of aromatic nitrogens is 1. The highest BCUT2D eigenvalue weighted by atomic mass is 32.1. The van der Waals surface area contributed by atoms with Crippen LogP contribution in [0.5, 0.6) is 0 Å². The number of carboxylic acids is 1. The maximum Gasteiger partial charge on any atom is 0.311 e. The third-order valence-electron chi connectivity index (χ3n) is 5.03. The van der Waals surface area contributed by atoms with Crippen LogP contribution in [0.15, 0.2) is 35.7 Å². The summed E-state index contributed by atoms with van der Waals surface area (Å²) >= 11 is 1.55. The lowest BCUT2D eigenvalue weighted by Gasteiger charge is -2.33. The summed E-state index contributed by atoms with van der Waals surface area (Å²) in [7, 11) is 0. The zero-order valence-electron chi connectivity index (χ0n) is 14.7. The molecule has 1 aliphatic carbocycles. The molecule has 2 N–H and O–H groups in total. The molecule has 1 saturated carbocycles. The highest BCUT2D eigenvalue weighted by Crippen LogP contribution is 2.36. The number of hydrogen-bond acceptors (Lipinski definition) is 4. The first kappa shape index (κ1) is 18.6. The van der Waals surface area contributed by atoms with Crippen LogP contribution >= 0.6 is 11.3 Å². The molecule has 138 valence electrons. The number of aliphatic carboxylic acids is 1. The monoisotopic (exact) mass is 372 g/mol. The number of benzene rings is 1. The van der Waals surface area contributed by atoms with E-state index in [0.717, 1.165) is 36.4 Å². The molecule has 0 unspecified atom stereocenters. The summed E-state index contributed by atoms with van der Waals surface area (Å²) in [6.07, 6.45) is 5.14. The van der Waals surface area contributed by atoms with Gasteiger partial charge in [-0.3, -0.25) is 9.59 Å². The van der Waals surface area contributed by atoms with Crippen LogP contribution in [0.3, 0.4) is 0 Å². The first-order valence-electron chi connectivity index (χ1n) is 9.05. The fraction of sp³-hybridized carbons (Fsp3) is 0.450. The molecule has 5 nitrogen and oxygen atoms in total. The van der Waals surface area contributed by atoms with Gasteiger partial charge in [0.15, 0.2) is 0 Å². The van der Waals surface area contributed by atoms with Crippen molar-refractivity contribution in [2.24, 2.45) is 5.41 Å². The number of thiazole rings is 1. The van der Waals surface area contributed by atoms with E-state index in [1.807, 2.05) is 23.6 Å². The highest BCUT2D eigenvalue weighted by Gasteiger charge is 2.39. The number of hydrogen-bond donors (Lipinski definition) is 2. The predicted molar refractivity (Wildman–Crippen MR) is 101 cm³/mol. The lowest BCUT2D eigenvalue weighted by Crippen LogP contribution is -2.44. The van der Waals surface area contributed by atoms with Gasteiger partial charge in [0.05, 0.1) is 22.5 Å². The maximum absolute atomic E-state index is 12.2. The van der Waals surface area contributed by atoms with Crippen LogP contribution < -0.4 is 5.32 Å². The minimum absolute atomic E-state index is 0.159.